The van der Waals surface area contributed by atoms with Crippen LogP contribution >= 0.6 is 27.5 Å². The van der Waals surface area contributed by atoms with Crippen molar-refractivity contribution in [1.82, 2.24) is 9.55 Å². The summed E-state index contributed by atoms with van der Waals surface area (Å²) in [5.41, 5.74) is 0.940. The molecular weight excluding hydrogens is 251 g/mol. The fourth-order valence-electron chi connectivity index (χ4n) is 1.39. The number of hydrogen-bond donors (Lipinski definition) is 0. The van der Waals surface area contributed by atoms with Crippen molar-refractivity contribution in [3.8, 4) is 0 Å². The number of halogens is 2. The molecule has 0 aromatic carbocycles. The molecule has 2 rings (SSSR count). The molecule has 68 valence electrons. The van der Waals surface area contributed by atoms with Gasteiger partial charge in [-0.2, -0.15) is 0 Å². The van der Waals surface area contributed by atoms with Crippen molar-refractivity contribution >= 4 is 38.6 Å². The Morgan fingerprint density at radius 1 is 1.54 bits per heavy atom. The van der Waals surface area contributed by atoms with Gasteiger partial charge in [-0.3, -0.25) is 0 Å². The average molecular weight is 260 g/mol. The number of hydrogen-bond acceptors (Lipinski definition) is 1. The van der Waals surface area contributed by atoms with Crippen LogP contribution in [0.3, 0.4) is 0 Å². The molecule has 0 unspecified atom stereocenters. The first-order chi connectivity index (χ1) is 6.22. The Labute approximate surface area is 89.7 Å². The highest BCUT2D eigenvalue weighted by Gasteiger charge is 2.06. The lowest BCUT2D eigenvalue weighted by Crippen LogP contribution is -1.94. The summed E-state index contributed by atoms with van der Waals surface area (Å²) in [6.45, 7) is 2.89. The highest BCUT2D eigenvalue weighted by molar-refractivity contribution is 9.10. The predicted octanol–water partition coefficient (Wildman–Crippen LogP) is 3.47. The Hall–Kier alpha value is -0.540. The summed E-state index contributed by atoms with van der Waals surface area (Å²) >= 11 is 9.40. The van der Waals surface area contributed by atoms with Crippen LogP contribution in [0.5, 0.6) is 0 Å². The fourth-order valence-corrected chi connectivity index (χ4v) is 2.05. The van der Waals surface area contributed by atoms with Gasteiger partial charge >= 0.3 is 0 Å². The van der Waals surface area contributed by atoms with Gasteiger partial charge in [0.15, 0.2) is 0 Å². The zero-order valence-corrected chi connectivity index (χ0v) is 9.43. The molecule has 0 saturated heterocycles. The monoisotopic (exact) mass is 258 g/mol. The predicted molar refractivity (Wildman–Crippen MR) is 58.1 cm³/mol. The van der Waals surface area contributed by atoms with E-state index in [0.717, 1.165) is 27.2 Å². The third kappa shape index (κ3) is 1.46. The fraction of sp³-hybridized carbons (Fsp3) is 0.222. The van der Waals surface area contributed by atoms with E-state index >= 15 is 0 Å². The summed E-state index contributed by atoms with van der Waals surface area (Å²) in [5.74, 6) is 0. The molecule has 0 fully saturated rings. The Morgan fingerprint density at radius 3 is 3.00 bits per heavy atom. The van der Waals surface area contributed by atoms with Gasteiger partial charge in [0.25, 0.3) is 0 Å². The van der Waals surface area contributed by atoms with Gasteiger partial charge in [-0.05, 0) is 35.0 Å². The minimum absolute atomic E-state index is 0.739. The minimum Gasteiger partial charge on any atom is -0.317 e. The molecule has 0 saturated carbocycles. The molecule has 0 bridgehead atoms. The zero-order chi connectivity index (χ0) is 9.42. The van der Waals surface area contributed by atoms with Gasteiger partial charge in [-0.25, -0.2) is 4.98 Å². The van der Waals surface area contributed by atoms with E-state index in [9.17, 15) is 0 Å². The number of rotatable bonds is 1. The second-order valence-corrected chi connectivity index (χ2v) is 4.08. The molecule has 0 spiro atoms. The second kappa shape index (κ2) is 3.31. The Kier molecular flexibility index (Phi) is 2.30. The first kappa shape index (κ1) is 9.03. The average Bonchev–Trinajstić information content (AvgIpc) is 2.39. The normalized spacial score (nSPS) is 11.0. The molecule has 2 nitrogen and oxygen atoms in total. The topological polar surface area (TPSA) is 17.8 Å². The van der Waals surface area contributed by atoms with E-state index in [1.54, 1.807) is 6.20 Å². The third-order valence-corrected chi connectivity index (χ3v) is 2.71. The maximum atomic E-state index is 6.03. The molecule has 0 aliphatic heterocycles. The van der Waals surface area contributed by atoms with Crippen molar-refractivity contribution in [2.45, 2.75) is 13.5 Å². The lowest BCUT2D eigenvalue weighted by molar-refractivity contribution is 0.788. The Balaban J connectivity index is 2.79. The molecule has 0 atom stereocenters. The van der Waals surface area contributed by atoms with Crippen molar-refractivity contribution in [3.05, 3.63) is 28.0 Å². The van der Waals surface area contributed by atoms with E-state index in [1.807, 2.05) is 16.7 Å². The third-order valence-electron chi connectivity index (χ3n) is 1.97. The van der Waals surface area contributed by atoms with E-state index < -0.39 is 0 Å². The van der Waals surface area contributed by atoms with Crippen LogP contribution in [0.2, 0.25) is 5.15 Å². The number of pyridine rings is 1. The summed E-state index contributed by atoms with van der Waals surface area (Å²) in [6, 6.07) is 3.94. The van der Waals surface area contributed by atoms with Crippen molar-refractivity contribution in [2.75, 3.05) is 0 Å². The number of aryl methyl sites for hydroxylation is 1. The first-order valence-electron chi connectivity index (χ1n) is 4.02. The van der Waals surface area contributed by atoms with Gasteiger partial charge in [-0.15, -0.1) is 0 Å². The van der Waals surface area contributed by atoms with Crippen LogP contribution in [0.15, 0.2) is 22.8 Å². The molecule has 0 radical (unpaired) electrons. The van der Waals surface area contributed by atoms with Gasteiger partial charge < -0.3 is 4.57 Å². The molecule has 0 amide bonds. The standard InChI is InChI=1S/C9H8BrClN2/c1-2-13-8(11)4-6-3-7(10)5-12-9(6)13/h3-5H,2H2,1H3. The SMILES string of the molecule is CCn1c(Cl)cc2cc(Br)cnc21. The van der Waals surface area contributed by atoms with Crippen LogP contribution in [0, 0.1) is 0 Å². The van der Waals surface area contributed by atoms with Gasteiger partial charge in [0.05, 0.1) is 0 Å². The molecule has 2 heterocycles. The largest absolute Gasteiger partial charge is 0.317 e. The van der Waals surface area contributed by atoms with Gasteiger partial charge in [0, 0.05) is 22.6 Å². The number of fused-ring (bicyclic) bond motifs is 1. The van der Waals surface area contributed by atoms with E-state index in [1.165, 1.54) is 0 Å². The molecule has 0 aliphatic rings. The van der Waals surface area contributed by atoms with Crippen molar-refractivity contribution < 1.29 is 0 Å². The highest BCUT2D eigenvalue weighted by Crippen LogP contribution is 2.24. The molecule has 0 aliphatic carbocycles. The second-order valence-electron chi connectivity index (χ2n) is 2.78. The van der Waals surface area contributed by atoms with E-state index in [4.69, 9.17) is 11.6 Å². The molecule has 0 N–H and O–H groups in total. The van der Waals surface area contributed by atoms with Gasteiger partial charge in [0.2, 0.25) is 0 Å². The lowest BCUT2D eigenvalue weighted by Gasteiger charge is -2.00. The number of aromatic nitrogens is 2. The maximum absolute atomic E-state index is 6.03. The van der Waals surface area contributed by atoms with E-state index in [-0.39, 0.29) is 0 Å². The van der Waals surface area contributed by atoms with E-state index in [0.29, 0.717) is 0 Å². The van der Waals surface area contributed by atoms with Crippen LogP contribution < -0.4 is 0 Å². The highest BCUT2D eigenvalue weighted by atomic mass is 79.9. The van der Waals surface area contributed by atoms with Crippen LogP contribution in [-0.4, -0.2) is 9.55 Å². The Morgan fingerprint density at radius 2 is 2.31 bits per heavy atom. The quantitative estimate of drug-likeness (QED) is 0.767. The Bertz CT molecular complexity index is 450. The van der Waals surface area contributed by atoms with Crippen LogP contribution in [0.4, 0.5) is 0 Å². The molecule has 2 aromatic heterocycles. The molecule has 13 heavy (non-hydrogen) atoms. The van der Waals surface area contributed by atoms with Crippen LogP contribution in [0.1, 0.15) is 6.92 Å². The summed E-state index contributed by atoms with van der Waals surface area (Å²) in [5, 5.41) is 1.81. The van der Waals surface area contributed by atoms with Gasteiger partial charge in [0.1, 0.15) is 10.8 Å². The summed E-state index contributed by atoms with van der Waals surface area (Å²) < 4.78 is 2.95. The molecular formula is C9H8BrClN2. The van der Waals surface area contributed by atoms with Crippen LogP contribution in [0.25, 0.3) is 11.0 Å². The zero-order valence-electron chi connectivity index (χ0n) is 7.09. The lowest BCUT2D eigenvalue weighted by atomic mass is 10.3. The maximum Gasteiger partial charge on any atom is 0.141 e. The number of nitrogens with zero attached hydrogens (tertiary/aromatic N) is 2. The minimum atomic E-state index is 0.739. The smallest absolute Gasteiger partial charge is 0.141 e. The van der Waals surface area contributed by atoms with Gasteiger partial charge in [-0.1, -0.05) is 11.6 Å². The van der Waals surface area contributed by atoms with Crippen molar-refractivity contribution in [3.63, 3.8) is 0 Å². The first-order valence-corrected chi connectivity index (χ1v) is 5.19. The molecule has 2 aromatic rings. The van der Waals surface area contributed by atoms with Crippen molar-refractivity contribution in [2.24, 2.45) is 0 Å². The van der Waals surface area contributed by atoms with Crippen LogP contribution in [-0.2, 0) is 6.54 Å². The van der Waals surface area contributed by atoms with Crippen molar-refractivity contribution in [1.29, 1.82) is 0 Å². The van der Waals surface area contributed by atoms with E-state index in [2.05, 4.69) is 27.8 Å². The summed E-state index contributed by atoms with van der Waals surface area (Å²) in [4.78, 5) is 4.30. The summed E-state index contributed by atoms with van der Waals surface area (Å²) in [6.07, 6.45) is 1.78. The summed E-state index contributed by atoms with van der Waals surface area (Å²) in [7, 11) is 0. The molecule has 4 heteroatoms.